The third-order valence-corrected chi connectivity index (χ3v) is 6.25. The summed E-state index contributed by atoms with van der Waals surface area (Å²) < 4.78 is 63.3. The van der Waals surface area contributed by atoms with E-state index in [0.29, 0.717) is 17.0 Å². The Morgan fingerprint density at radius 1 is 0.939 bits per heavy atom. The molecule has 0 spiro atoms. The van der Waals surface area contributed by atoms with Gasteiger partial charge in [0.2, 0.25) is 5.88 Å². The first-order chi connectivity index (χ1) is 15.6. The van der Waals surface area contributed by atoms with E-state index in [1.807, 2.05) is 6.07 Å². The summed E-state index contributed by atoms with van der Waals surface area (Å²) in [5.74, 6) is -0.467. The van der Waals surface area contributed by atoms with Gasteiger partial charge in [0.1, 0.15) is 0 Å². The van der Waals surface area contributed by atoms with E-state index in [1.165, 1.54) is 10.8 Å². The number of aromatic hydroxyl groups is 1. The summed E-state index contributed by atoms with van der Waals surface area (Å²) in [5, 5.41) is 10.3. The zero-order valence-corrected chi connectivity index (χ0v) is 17.5. The van der Waals surface area contributed by atoms with Crippen LogP contribution in [-0.2, 0) is 16.4 Å². The number of hydrogen-bond donors (Lipinski definition) is 1. The van der Waals surface area contributed by atoms with E-state index < -0.39 is 31.8 Å². The SMILES string of the molecule is O=c1n(Cc2ccnc(-c3ccccn3)c2)cc(O)n1-c1ccc(S(=O)(=O)C(F)(F)F)cc1. The van der Waals surface area contributed by atoms with Gasteiger partial charge in [0.25, 0.3) is 9.84 Å². The van der Waals surface area contributed by atoms with Crippen molar-refractivity contribution in [2.45, 2.75) is 16.9 Å². The molecule has 0 aliphatic rings. The predicted octanol–water partition coefficient (Wildman–Crippen LogP) is 3.14. The maximum absolute atomic E-state index is 12.8. The Balaban J connectivity index is 1.64. The van der Waals surface area contributed by atoms with Crippen LogP contribution in [0.2, 0.25) is 0 Å². The number of benzene rings is 1. The molecule has 0 atom stereocenters. The molecular weight excluding hydrogens is 461 g/mol. The molecule has 170 valence electrons. The van der Waals surface area contributed by atoms with Crippen LogP contribution in [0.15, 0.2) is 82.9 Å². The van der Waals surface area contributed by atoms with Crippen molar-refractivity contribution in [3.8, 4) is 23.0 Å². The maximum Gasteiger partial charge on any atom is 0.501 e. The van der Waals surface area contributed by atoms with Crippen molar-refractivity contribution in [1.29, 1.82) is 0 Å². The van der Waals surface area contributed by atoms with Crippen LogP contribution < -0.4 is 5.69 Å². The zero-order valence-electron chi connectivity index (χ0n) is 16.6. The van der Waals surface area contributed by atoms with Gasteiger partial charge >= 0.3 is 11.2 Å². The van der Waals surface area contributed by atoms with Crippen LogP contribution in [0.1, 0.15) is 5.56 Å². The quantitative estimate of drug-likeness (QED) is 0.474. The first-order valence-corrected chi connectivity index (χ1v) is 10.9. The Morgan fingerprint density at radius 3 is 2.27 bits per heavy atom. The van der Waals surface area contributed by atoms with Crippen molar-refractivity contribution in [1.82, 2.24) is 19.1 Å². The summed E-state index contributed by atoms with van der Waals surface area (Å²) >= 11 is 0. The van der Waals surface area contributed by atoms with Gasteiger partial charge in [-0.25, -0.2) is 17.8 Å². The Hall–Kier alpha value is -3.93. The second kappa shape index (κ2) is 8.20. The molecule has 12 heteroatoms. The standard InChI is InChI=1S/C21H15F3N4O4S/c22-21(23,24)33(31,32)16-6-4-15(5-7-16)28-19(29)13-27(20(28)30)12-14-8-10-26-18(11-14)17-3-1-2-9-25-17/h1-11,13,29H,12H2. The smallest absolute Gasteiger partial charge is 0.493 e. The van der Waals surface area contributed by atoms with E-state index in [9.17, 15) is 31.5 Å². The molecule has 0 radical (unpaired) electrons. The van der Waals surface area contributed by atoms with Gasteiger partial charge in [0, 0.05) is 12.4 Å². The topological polar surface area (TPSA) is 107 Å². The van der Waals surface area contributed by atoms with Crippen LogP contribution >= 0.6 is 0 Å². The minimum atomic E-state index is -5.52. The Kier molecular flexibility index (Phi) is 5.54. The largest absolute Gasteiger partial charge is 0.501 e. The average Bonchev–Trinajstić information content (AvgIpc) is 3.06. The molecule has 0 bridgehead atoms. The van der Waals surface area contributed by atoms with E-state index in [1.54, 1.807) is 36.7 Å². The molecule has 4 rings (SSSR count). The van der Waals surface area contributed by atoms with Gasteiger partial charge in [-0.1, -0.05) is 6.07 Å². The summed E-state index contributed by atoms with van der Waals surface area (Å²) in [6.07, 6.45) is 4.35. The van der Waals surface area contributed by atoms with E-state index in [2.05, 4.69) is 9.97 Å². The van der Waals surface area contributed by atoms with E-state index in [0.717, 1.165) is 28.8 Å². The molecule has 8 nitrogen and oxygen atoms in total. The van der Waals surface area contributed by atoms with Crippen molar-refractivity contribution in [3.63, 3.8) is 0 Å². The Bertz CT molecular complexity index is 1460. The molecule has 0 saturated heterocycles. The van der Waals surface area contributed by atoms with Gasteiger partial charge in [-0.15, -0.1) is 0 Å². The molecule has 4 aromatic rings. The molecule has 0 aliphatic heterocycles. The van der Waals surface area contributed by atoms with Crippen LogP contribution in [0.3, 0.4) is 0 Å². The Labute approximate surface area is 185 Å². The van der Waals surface area contributed by atoms with Crippen LogP contribution in [0, 0.1) is 0 Å². The molecule has 3 aromatic heterocycles. The molecule has 0 amide bonds. The minimum absolute atomic E-state index is 0.00118. The third kappa shape index (κ3) is 4.24. The number of rotatable bonds is 5. The normalized spacial score (nSPS) is 12.1. The van der Waals surface area contributed by atoms with Crippen LogP contribution in [-0.4, -0.2) is 38.1 Å². The molecule has 33 heavy (non-hydrogen) atoms. The first kappa shape index (κ1) is 22.3. The number of imidazole rings is 1. The van der Waals surface area contributed by atoms with Crippen molar-refractivity contribution in [3.05, 3.63) is 89.2 Å². The molecule has 0 saturated carbocycles. The number of hydrogen-bond acceptors (Lipinski definition) is 6. The van der Waals surface area contributed by atoms with Crippen molar-refractivity contribution < 1.29 is 26.7 Å². The second-order valence-corrected chi connectivity index (χ2v) is 8.88. The molecule has 3 heterocycles. The van der Waals surface area contributed by atoms with Gasteiger partial charge in [-0.3, -0.25) is 14.5 Å². The lowest BCUT2D eigenvalue weighted by atomic mass is 10.2. The monoisotopic (exact) mass is 476 g/mol. The molecular formula is C21H15F3N4O4S. The summed E-state index contributed by atoms with van der Waals surface area (Å²) in [6, 6.07) is 12.2. The number of aromatic nitrogens is 4. The van der Waals surface area contributed by atoms with Crippen LogP contribution in [0.5, 0.6) is 5.88 Å². The molecule has 0 fully saturated rings. The van der Waals surface area contributed by atoms with Gasteiger partial charge in [0.15, 0.2) is 0 Å². The fraction of sp³-hybridized carbons (Fsp3) is 0.0952. The number of nitrogens with zero attached hydrogens (tertiary/aromatic N) is 4. The van der Waals surface area contributed by atoms with Crippen LogP contribution in [0.4, 0.5) is 13.2 Å². The molecule has 0 aliphatic carbocycles. The fourth-order valence-electron chi connectivity index (χ4n) is 3.17. The summed E-state index contributed by atoms with van der Waals surface area (Å²) in [6.45, 7) is 0.0717. The van der Waals surface area contributed by atoms with E-state index in [4.69, 9.17) is 0 Å². The van der Waals surface area contributed by atoms with E-state index >= 15 is 0 Å². The van der Waals surface area contributed by atoms with Gasteiger partial charge < -0.3 is 5.11 Å². The average molecular weight is 476 g/mol. The molecule has 0 unspecified atom stereocenters. The maximum atomic E-state index is 12.8. The number of alkyl halides is 3. The summed E-state index contributed by atoms with van der Waals surface area (Å²) in [4.78, 5) is 20.3. The lowest BCUT2D eigenvalue weighted by Crippen LogP contribution is -2.24. The highest BCUT2D eigenvalue weighted by molar-refractivity contribution is 7.92. The highest BCUT2D eigenvalue weighted by Crippen LogP contribution is 2.30. The van der Waals surface area contributed by atoms with Gasteiger partial charge in [-0.2, -0.15) is 13.2 Å². The summed E-state index contributed by atoms with van der Waals surface area (Å²) in [5.41, 5.74) is -4.20. The molecule has 1 N–H and O–H groups in total. The zero-order chi connectivity index (χ0) is 23.8. The number of sulfone groups is 1. The summed E-state index contributed by atoms with van der Waals surface area (Å²) in [7, 11) is -5.52. The van der Waals surface area contributed by atoms with Crippen molar-refractivity contribution in [2.24, 2.45) is 0 Å². The van der Waals surface area contributed by atoms with Crippen molar-refractivity contribution >= 4 is 9.84 Å². The van der Waals surface area contributed by atoms with Crippen LogP contribution in [0.25, 0.3) is 17.1 Å². The number of pyridine rings is 2. The lowest BCUT2D eigenvalue weighted by molar-refractivity contribution is -0.0436. The van der Waals surface area contributed by atoms with E-state index in [-0.39, 0.29) is 12.2 Å². The van der Waals surface area contributed by atoms with Gasteiger partial charge in [0.05, 0.1) is 34.7 Å². The molecule has 1 aromatic carbocycles. The number of halogens is 3. The third-order valence-electron chi connectivity index (χ3n) is 4.75. The van der Waals surface area contributed by atoms with Crippen molar-refractivity contribution in [2.75, 3.05) is 0 Å². The fourth-order valence-corrected chi connectivity index (χ4v) is 3.93. The highest BCUT2D eigenvalue weighted by atomic mass is 32.2. The first-order valence-electron chi connectivity index (χ1n) is 9.37. The minimum Gasteiger partial charge on any atom is -0.493 e. The second-order valence-electron chi connectivity index (χ2n) is 6.94. The predicted molar refractivity (Wildman–Crippen MR) is 112 cm³/mol. The highest BCUT2D eigenvalue weighted by Gasteiger charge is 2.46. The van der Waals surface area contributed by atoms with Gasteiger partial charge in [-0.05, 0) is 54.1 Å². The lowest BCUT2D eigenvalue weighted by Gasteiger charge is -2.09. The Morgan fingerprint density at radius 2 is 1.64 bits per heavy atom.